The van der Waals surface area contributed by atoms with Gasteiger partial charge in [0.05, 0.1) is 12.9 Å². The lowest BCUT2D eigenvalue weighted by molar-refractivity contribution is -0.0323. The minimum Gasteiger partial charge on any atom is -0.394 e. The summed E-state index contributed by atoms with van der Waals surface area (Å²) < 4.78 is 20.8. The van der Waals surface area contributed by atoms with Crippen LogP contribution in [0, 0.1) is 0 Å². The van der Waals surface area contributed by atoms with Gasteiger partial charge in [-0.15, -0.1) is 11.8 Å². The van der Waals surface area contributed by atoms with Gasteiger partial charge >= 0.3 is 0 Å². The predicted octanol–water partition coefficient (Wildman–Crippen LogP) is 0.748. The van der Waals surface area contributed by atoms with Crippen LogP contribution in [-0.2, 0) is 4.74 Å². The molecule has 3 rings (SSSR count). The first-order valence-corrected chi connectivity index (χ1v) is 7.31. The molecule has 0 aliphatic carbocycles. The molecule has 3 atom stereocenters. The lowest BCUT2D eigenvalue weighted by Gasteiger charge is -2.13. The van der Waals surface area contributed by atoms with Gasteiger partial charge in [-0.1, -0.05) is 0 Å². The molecule has 1 aliphatic rings. The van der Waals surface area contributed by atoms with E-state index < -0.39 is 18.5 Å². The summed E-state index contributed by atoms with van der Waals surface area (Å²) in [5.41, 5.74) is 6.80. The summed E-state index contributed by atoms with van der Waals surface area (Å²) in [6.07, 6.45) is 0.991. The highest BCUT2D eigenvalue weighted by atomic mass is 32.2. The van der Waals surface area contributed by atoms with Gasteiger partial charge in [-0.2, -0.15) is 4.98 Å². The van der Waals surface area contributed by atoms with Crippen LogP contribution in [-0.4, -0.2) is 49.8 Å². The molecule has 1 aliphatic heterocycles. The zero-order valence-corrected chi connectivity index (χ0v) is 11.5. The van der Waals surface area contributed by atoms with Gasteiger partial charge in [0, 0.05) is 6.42 Å². The Hall–Kier alpha value is -1.45. The standard InChI is InChI=1S/C11H14FN5O2S/c1-20-10-8-9(15-11(13)16-10)17(4-14-8)7-2-5(12)6(3-18)19-7/h4-7,18H,2-3H2,1H3,(H2,13,15,16)/t5-,6+,7+/m0/s1. The predicted molar refractivity (Wildman–Crippen MR) is 72.0 cm³/mol. The SMILES string of the molecule is CSc1nc(N)nc2c1ncn2[C@H]1C[C@H](F)[C@@H](CO)O1. The lowest BCUT2D eigenvalue weighted by Crippen LogP contribution is -2.21. The summed E-state index contributed by atoms with van der Waals surface area (Å²) in [6, 6.07) is 0. The molecule has 0 saturated carbocycles. The van der Waals surface area contributed by atoms with E-state index in [0.29, 0.717) is 16.2 Å². The number of ether oxygens (including phenoxy) is 1. The number of thioether (sulfide) groups is 1. The Morgan fingerprint density at radius 3 is 3.05 bits per heavy atom. The van der Waals surface area contributed by atoms with Crippen LogP contribution in [0.3, 0.4) is 0 Å². The summed E-state index contributed by atoms with van der Waals surface area (Å²) in [5, 5.41) is 9.72. The molecular weight excluding hydrogens is 285 g/mol. The van der Waals surface area contributed by atoms with Crippen molar-refractivity contribution in [3.05, 3.63) is 6.33 Å². The molecule has 0 amide bonds. The van der Waals surface area contributed by atoms with Crippen molar-refractivity contribution in [1.29, 1.82) is 0 Å². The van der Waals surface area contributed by atoms with Crippen molar-refractivity contribution in [2.45, 2.75) is 30.0 Å². The van der Waals surface area contributed by atoms with Crippen LogP contribution in [0.15, 0.2) is 11.4 Å². The second-order valence-corrected chi connectivity index (χ2v) is 5.27. The van der Waals surface area contributed by atoms with Crippen LogP contribution in [0.1, 0.15) is 12.6 Å². The molecule has 2 aromatic heterocycles. The summed E-state index contributed by atoms with van der Waals surface area (Å²) in [4.78, 5) is 12.5. The van der Waals surface area contributed by atoms with Crippen LogP contribution >= 0.6 is 11.8 Å². The molecule has 0 radical (unpaired) electrons. The Balaban J connectivity index is 2.03. The van der Waals surface area contributed by atoms with Gasteiger partial charge < -0.3 is 15.6 Å². The second-order valence-electron chi connectivity index (χ2n) is 4.48. The number of nitrogens with zero attached hydrogens (tertiary/aromatic N) is 4. The zero-order valence-electron chi connectivity index (χ0n) is 10.7. The number of halogens is 1. The molecule has 108 valence electrons. The topological polar surface area (TPSA) is 99.1 Å². The first-order chi connectivity index (χ1) is 9.63. The second kappa shape index (κ2) is 5.15. The number of anilines is 1. The largest absolute Gasteiger partial charge is 0.394 e. The Morgan fingerprint density at radius 2 is 2.40 bits per heavy atom. The number of nitrogens with two attached hydrogens (primary N) is 1. The molecular formula is C11H14FN5O2S. The van der Waals surface area contributed by atoms with Crippen LogP contribution < -0.4 is 5.73 Å². The Morgan fingerprint density at radius 1 is 1.60 bits per heavy atom. The van der Waals surface area contributed by atoms with Gasteiger partial charge in [-0.25, -0.2) is 14.4 Å². The highest BCUT2D eigenvalue weighted by Crippen LogP contribution is 2.33. The van der Waals surface area contributed by atoms with Gasteiger partial charge in [0.1, 0.15) is 29.0 Å². The number of nitrogen functional groups attached to an aromatic ring is 1. The van der Waals surface area contributed by atoms with Crippen molar-refractivity contribution in [1.82, 2.24) is 19.5 Å². The third-order valence-corrected chi connectivity index (χ3v) is 3.92. The normalized spacial score (nSPS) is 26.4. The molecule has 1 saturated heterocycles. The van der Waals surface area contributed by atoms with E-state index in [2.05, 4.69) is 15.0 Å². The van der Waals surface area contributed by atoms with Crippen LogP contribution in [0.5, 0.6) is 0 Å². The molecule has 9 heteroatoms. The Labute approximate surface area is 118 Å². The number of aliphatic hydroxyl groups excluding tert-OH is 1. The fourth-order valence-corrected chi connectivity index (χ4v) is 2.81. The number of alkyl halides is 1. The van der Waals surface area contributed by atoms with Crippen molar-refractivity contribution in [3.63, 3.8) is 0 Å². The number of hydrogen-bond acceptors (Lipinski definition) is 7. The summed E-state index contributed by atoms with van der Waals surface area (Å²) in [7, 11) is 0. The fraction of sp³-hybridized carbons (Fsp3) is 0.545. The third-order valence-electron chi connectivity index (χ3n) is 3.25. The molecule has 3 heterocycles. The van der Waals surface area contributed by atoms with Gasteiger partial charge in [-0.05, 0) is 6.26 Å². The maximum Gasteiger partial charge on any atom is 0.223 e. The molecule has 0 bridgehead atoms. The maximum absolute atomic E-state index is 13.7. The van der Waals surface area contributed by atoms with Crippen molar-refractivity contribution in [2.24, 2.45) is 0 Å². The fourth-order valence-electron chi connectivity index (χ4n) is 2.28. The van der Waals surface area contributed by atoms with Gasteiger partial charge in [0.2, 0.25) is 5.95 Å². The van der Waals surface area contributed by atoms with E-state index in [9.17, 15) is 4.39 Å². The smallest absolute Gasteiger partial charge is 0.223 e. The van der Waals surface area contributed by atoms with E-state index >= 15 is 0 Å². The summed E-state index contributed by atoms with van der Waals surface area (Å²) in [5.74, 6) is 0.136. The first kappa shape index (κ1) is 13.5. The molecule has 7 nitrogen and oxygen atoms in total. The third kappa shape index (κ3) is 2.11. The van der Waals surface area contributed by atoms with Crippen LogP contribution in [0.2, 0.25) is 0 Å². The van der Waals surface area contributed by atoms with Gasteiger partial charge in [0.25, 0.3) is 0 Å². The van der Waals surface area contributed by atoms with Crippen molar-refractivity contribution >= 4 is 28.9 Å². The molecule has 0 aromatic carbocycles. The monoisotopic (exact) mass is 299 g/mol. The summed E-state index contributed by atoms with van der Waals surface area (Å²) in [6.45, 7) is -0.350. The highest BCUT2D eigenvalue weighted by Gasteiger charge is 2.36. The molecule has 20 heavy (non-hydrogen) atoms. The number of imidazole rings is 1. The van der Waals surface area contributed by atoms with E-state index in [0.717, 1.165) is 0 Å². The average Bonchev–Trinajstić information content (AvgIpc) is 3.00. The first-order valence-electron chi connectivity index (χ1n) is 6.08. The Kier molecular flexibility index (Phi) is 3.48. The van der Waals surface area contributed by atoms with Crippen molar-refractivity contribution in [3.8, 4) is 0 Å². The highest BCUT2D eigenvalue weighted by molar-refractivity contribution is 7.98. The number of fused-ring (bicyclic) bond motifs is 1. The van der Waals surface area contributed by atoms with Crippen molar-refractivity contribution < 1.29 is 14.2 Å². The van der Waals surface area contributed by atoms with E-state index in [-0.39, 0.29) is 19.0 Å². The van der Waals surface area contributed by atoms with E-state index in [4.69, 9.17) is 15.6 Å². The van der Waals surface area contributed by atoms with Crippen LogP contribution in [0.4, 0.5) is 10.3 Å². The Bertz CT molecular complexity index is 637. The van der Waals surface area contributed by atoms with E-state index in [1.54, 1.807) is 4.57 Å². The lowest BCUT2D eigenvalue weighted by atomic mass is 10.2. The minimum atomic E-state index is -1.21. The summed E-state index contributed by atoms with van der Waals surface area (Å²) >= 11 is 1.41. The maximum atomic E-state index is 13.7. The molecule has 2 aromatic rings. The number of rotatable bonds is 3. The quantitative estimate of drug-likeness (QED) is 0.637. The molecule has 3 N–H and O–H groups in total. The number of hydrogen-bond donors (Lipinski definition) is 2. The van der Waals surface area contributed by atoms with Crippen molar-refractivity contribution in [2.75, 3.05) is 18.6 Å². The number of aromatic nitrogens is 4. The molecule has 0 unspecified atom stereocenters. The van der Waals surface area contributed by atoms with Gasteiger partial charge in [-0.3, -0.25) is 4.57 Å². The van der Waals surface area contributed by atoms with Gasteiger partial charge in [0.15, 0.2) is 5.65 Å². The van der Waals surface area contributed by atoms with Crippen LogP contribution in [0.25, 0.3) is 11.2 Å². The van der Waals surface area contributed by atoms with E-state index in [1.807, 2.05) is 6.26 Å². The zero-order chi connectivity index (χ0) is 14.3. The average molecular weight is 299 g/mol. The molecule has 0 spiro atoms. The van der Waals surface area contributed by atoms with E-state index in [1.165, 1.54) is 18.1 Å². The minimum absolute atomic E-state index is 0.136. The molecule has 1 fully saturated rings. The number of aliphatic hydroxyl groups is 1.